The smallest absolute Gasteiger partial charge is 0.364 e. The zero-order chi connectivity index (χ0) is 97.1. The molecule has 7 heterocycles. The maximum atomic E-state index is 14.1. The fourth-order valence-corrected chi connectivity index (χ4v) is 17.7. The summed E-state index contributed by atoms with van der Waals surface area (Å²) in [5, 5.41) is 259. The number of aliphatic hydroxyl groups is 21. The fourth-order valence-electron chi connectivity index (χ4n) is 17.7. The molecule has 14 unspecified atom stereocenters. The van der Waals surface area contributed by atoms with Crippen LogP contribution in [-0.4, -0.2) is 427 Å². The lowest BCUT2D eigenvalue weighted by Gasteiger charge is -2.53. The number of hydrogen-bond acceptors (Lipinski definition) is 40. The van der Waals surface area contributed by atoms with E-state index in [9.17, 15) is 136 Å². The minimum Gasteiger partial charge on any atom is -0.477 e. The number of rotatable bonds is 59. The number of allylic oxidation sites excluding steroid dienone is 1. The van der Waals surface area contributed by atoms with Crippen LogP contribution in [-0.2, 0) is 90.3 Å². The monoisotopic (exact) mass is 1910 g/mol. The number of nitrogens with one attached hydrogen (secondary N) is 4. The average Bonchev–Trinajstić information content (AvgIpc) is 0.714. The number of hydrogen-bond donors (Lipinski definition) is 26. The van der Waals surface area contributed by atoms with Crippen molar-refractivity contribution in [2.75, 3.05) is 52.9 Å². The summed E-state index contributed by atoms with van der Waals surface area (Å²) in [5.74, 6) is -8.99. The van der Waals surface area contributed by atoms with Crippen LogP contribution in [0, 0.1) is 0 Å². The van der Waals surface area contributed by atoms with E-state index in [1.54, 1.807) is 6.08 Å². The van der Waals surface area contributed by atoms with Crippen molar-refractivity contribution in [1.29, 1.82) is 0 Å². The van der Waals surface area contributed by atoms with Crippen LogP contribution < -0.4 is 21.3 Å². The third-order valence-corrected chi connectivity index (χ3v) is 25.2. The molecule has 768 valence electrons. The SMILES string of the molecule is CCCCCCCCCCCCC/C=C/[C@@H](O)[C@H](CO[C@@H]1OC(CO)[C@@H](O[C@@H]2OC(CO)[C@H](O[C@@H]3OC(CO)[C@H](O)[C@H](O[C@@H]4OC(CO)[C@H](O)[C@H](O[C@@H]5OC(CO)[C@@H](O[C@@H]6OC(CO)[C@H](O)[C@H](O)C6O)[C@H](O)C5NC(C)=O)C4O)C3NC(C)=O)[C@H](O[C@]3(C(=O)O)CC(O)[C@@H](NC(C)=O)C([C@H](O)[C@H](O)CO)O3)C2O)[C@H](O)C1O)NC(=O)CCCCCCCCCCCCCCCCC. The summed E-state index contributed by atoms with van der Waals surface area (Å²) in [4.78, 5) is 66.9. The van der Waals surface area contributed by atoms with Crippen LogP contribution >= 0.6 is 0 Å². The van der Waals surface area contributed by atoms with Crippen molar-refractivity contribution in [2.45, 2.75) is 453 Å². The molecule has 0 aromatic rings. The van der Waals surface area contributed by atoms with Gasteiger partial charge in [0.1, 0.15) is 165 Å². The molecule has 4 amide bonds. The zero-order valence-electron chi connectivity index (χ0n) is 76.3. The van der Waals surface area contributed by atoms with Crippen LogP contribution in [0.2, 0.25) is 0 Å². The largest absolute Gasteiger partial charge is 0.477 e. The summed E-state index contributed by atoms with van der Waals surface area (Å²) in [6.45, 7) is -1.46. The highest BCUT2D eigenvalue weighted by Gasteiger charge is 2.63. The molecule has 45 heteroatoms. The lowest BCUT2D eigenvalue weighted by Crippen LogP contribution is -2.72. The van der Waals surface area contributed by atoms with Crippen LogP contribution in [0.15, 0.2) is 12.2 Å². The molecule has 7 aliphatic heterocycles. The number of ether oxygens (including phenoxy) is 14. The van der Waals surface area contributed by atoms with Gasteiger partial charge in [0.05, 0.1) is 77.1 Å². The van der Waals surface area contributed by atoms with Gasteiger partial charge in [0.25, 0.3) is 5.79 Å². The first-order valence-corrected chi connectivity index (χ1v) is 47.1. The summed E-state index contributed by atoms with van der Waals surface area (Å²) in [7, 11) is 0. The molecule has 26 N–H and O–H groups in total. The van der Waals surface area contributed by atoms with Crippen molar-refractivity contribution >= 4 is 29.6 Å². The molecule has 132 heavy (non-hydrogen) atoms. The third kappa shape index (κ3) is 32.9. The van der Waals surface area contributed by atoms with Gasteiger partial charge in [-0.1, -0.05) is 180 Å². The lowest BCUT2D eigenvalue weighted by atomic mass is 9.88. The Morgan fingerprint density at radius 1 is 0.394 bits per heavy atom. The van der Waals surface area contributed by atoms with Gasteiger partial charge in [0.15, 0.2) is 37.7 Å². The number of aliphatic hydroxyl groups excluding tert-OH is 21. The molecule has 0 bridgehead atoms. The number of carbonyl (C=O) groups excluding carboxylic acids is 4. The van der Waals surface area contributed by atoms with Crippen molar-refractivity contribution in [3.05, 3.63) is 12.2 Å². The molecule has 0 radical (unpaired) electrons. The van der Waals surface area contributed by atoms with Gasteiger partial charge in [-0.2, -0.15) is 0 Å². The van der Waals surface area contributed by atoms with E-state index >= 15 is 0 Å². The average molecular weight is 1910 g/mol. The van der Waals surface area contributed by atoms with E-state index in [4.69, 9.17) is 66.3 Å². The maximum absolute atomic E-state index is 14.1. The molecule has 0 aliphatic carbocycles. The molecular weight excluding hydrogens is 1760 g/mol. The molecule has 7 fully saturated rings. The minimum atomic E-state index is -3.49. The van der Waals surface area contributed by atoms with Crippen molar-refractivity contribution in [1.82, 2.24) is 21.3 Å². The van der Waals surface area contributed by atoms with E-state index < -0.39 is 321 Å². The van der Waals surface area contributed by atoms with Gasteiger partial charge in [-0.15, -0.1) is 0 Å². The standard InChI is InChI=1S/C87H154N4O41/c1-6-8-10-12-14-16-18-20-21-23-25-27-29-31-33-35-58(105)91-48(49(102)34-32-30-28-26-24-22-19-17-15-13-11-9-7-2)44-119-82-70(114)68(112)74(56(42-97)124-82)127-85-72(116)79(132-87(86(117)118)36-50(103)59(88-45(3)99)77(131-87)62(106)51(104)37-92)75(57(43-98)125-85)128-81-61(90-47(5)101)76(64(108)53(39-94)120-81)129-84-71(115)78(65(109)54(40-95)122-84)130-80-60(89-46(4)100)66(110)73(55(41-96)123-80)126-83-69(113)67(111)63(107)52(38-93)121-83/h32,34,48-57,59-85,92-98,102-104,106-116H,6-31,33,35-44H2,1-5H3,(H,88,99)(H,89,100)(H,90,101)(H,91,105)(H,117,118)/b34-32+/t48-,49+,50?,51+,52?,53?,54?,55?,56?,57?,59+,60?,61?,62+,63-,64-,65-,66+,67-,68+,69?,70?,71?,72?,73+,74+,75-,76+,77?,78-,79+,80-,81-,82+,83-,84-,85-,87-/m0/s1. The van der Waals surface area contributed by atoms with Gasteiger partial charge in [0, 0.05) is 33.6 Å². The van der Waals surface area contributed by atoms with Crippen LogP contribution in [0.25, 0.3) is 0 Å². The fraction of sp³-hybridized carbons (Fsp3) is 0.920. The van der Waals surface area contributed by atoms with Crippen LogP contribution in [0.4, 0.5) is 0 Å². The summed E-state index contributed by atoms with van der Waals surface area (Å²) in [5.41, 5.74) is 0. The van der Waals surface area contributed by atoms with Gasteiger partial charge in [0.2, 0.25) is 23.6 Å². The molecule has 7 rings (SSSR count). The Labute approximate surface area is 768 Å². The first-order chi connectivity index (χ1) is 63.1. The number of carbonyl (C=O) groups is 5. The highest BCUT2D eigenvalue weighted by molar-refractivity contribution is 5.77. The summed E-state index contributed by atoms with van der Waals surface area (Å²) in [6.07, 6.45) is -38.4. The van der Waals surface area contributed by atoms with Gasteiger partial charge < -0.3 is 200 Å². The third-order valence-electron chi connectivity index (χ3n) is 25.2. The summed E-state index contributed by atoms with van der Waals surface area (Å²) >= 11 is 0. The van der Waals surface area contributed by atoms with Gasteiger partial charge in [-0.3, -0.25) is 19.2 Å². The second-order valence-corrected chi connectivity index (χ2v) is 35.6. The minimum absolute atomic E-state index is 0.0975. The maximum Gasteiger partial charge on any atom is 0.364 e. The normalized spacial score (nSPS) is 37.3. The van der Waals surface area contributed by atoms with E-state index in [2.05, 4.69) is 35.1 Å². The number of aliphatic carboxylic acids is 1. The second-order valence-electron chi connectivity index (χ2n) is 35.6. The first-order valence-electron chi connectivity index (χ1n) is 47.1. The number of carboxylic acid groups (broad SMARTS) is 1. The van der Waals surface area contributed by atoms with E-state index in [-0.39, 0.29) is 6.42 Å². The summed E-state index contributed by atoms with van der Waals surface area (Å²) in [6, 6.07) is -7.01. The molecule has 7 aliphatic rings. The Morgan fingerprint density at radius 3 is 1.27 bits per heavy atom. The first kappa shape index (κ1) is 115. The predicted octanol–water partition coefficient (Wildman–Crippen LogP) is -5.25. The zero-order valence-corrected chi connectivity index (χ0v) is 76.3. The van der Waals surface area contributed by atoms with Crippen LogP contribution in [0.5, 0.6) is 0 Å². The molecule has 0 spiro atoms. The molecule has 0 aromatic heterocycles. The van der Waals surface area contributed by atoms with Gasteiger partial charge >= 0.3 is 5.97 Å². The van der Waals surface area contributed by atoms with E-state index in [0.717, 1.165) is 85.0 Å². The molecule has 0 aromatic carbocycles. The topological polar surface area (TPSA) is 708 Å². The molecule has 45 nitrogen and oxygen atoms in total. The number of unbranched alkanes of at least 4 members (excludes halogenated alkanes) is 25. The molecule has 38 atom stereocenters. The van der Waals surface area contributed by atoms with Gasteiger partial charge in [-0.05, 0) is 19.3 Å². The van der Waals surface area contributed by atoms with Gasteiger partial charge in [-0.25, -0.2) is 4.79 Å². The number of amides is 4. The highest BCUT2D eigenvalue weighted by atomic mass is 16.8. The summed E-state index contributed by atoms with van der Waals surface area (Å²) < 4.78 is 84.5. The van der Waals surface area contributed by atoms with Crippen molar-refractivity contribution < 1.29 is 203 Å². The van der Waals surface area contributed by atoms with Crippen molar-refractivity contribution in [3.8, 4) is 0 Å². The highest BCUT2D eigenvalue weighted by Crippen LogP contribution is 2.43. The van der Waals surface area contributed by atoms with Crippen LogP contribution in [0.1, 0.15) is 221 Å². The Hall–Kier alpha value is -4.31. The van der Waals surface area contributed by atoms with Crippen molar-refractivity contribution in [3.63, 3.8) is 0 Å². The Morgan fingerprint density at radius 2 is 0.773 bits per heavy atom. The quantitative estimate of drug-likeness (QED) is 0.0200. The molecule has 7 saturated heterocycles. The van der Waals surface area contributed by atoms with Crippen molar-refractivity contribution in [2.24, 2.45) is 0 Å². The van der Waals surface area contributed by atoms with E-state index in [1.807, 2.05) is 0 Å². The Balaban J connectivity index is 1.15. The second kappa shape index (κ2) is 58.7. The predicted molar refractivity (Wildman–Crippen MR) is 455 cm³/mol. The number of carboxylic acids is 1. The lowest BCUT2D eigenvalue weighted by molar-refractivity contribution is -0.404. The van der Waals surface area contributed by atoms with E-state index in [0.29, 0.717) is 12.8 Å². The molecular formula is C87H154N4O41. The molecule has 0 saturated carbocycles. The van der Waals surface area contributed by atoms with E-state index in [1.165, 1.54) is 102 Å². The Kier molecular flexibility index (Phi) is 51.0. The Bertz CT molecular complexity index is 3300. The van der Waals surface area contributed by atoms with Crippen LogP contribution in [0.3, 0.4) is 0 Å².